The lowest BCUT2D eigenvalue weighted by Crippen LogP contribution is -2.27. The van der Waals surface area contributed by atoms with E-state index in [4.69, 9.17) is 21.7 Å². The predicted octanol–water partition coefficient (Wildman–Crippen LogP) is 4.31. The molecule has 2 heterocycles. The standard InChI is InChI=1S/C18H26N4O2S2/c1-12(2)19-17-20-22(18(25)26-17)11-21-9-5-6-15(21)14-8-7-13(23-3)10-16(14)24-4/h7-8,10,12,15H,5-6,9,11H2,1-4H3,(H,19,20)/t15-/m0/s1. The largest absolute Gasteiger partial charge is 0.497 e. The van der Waals surface area contributed by atoms with Gasteiger partial charge < -0.3 is 14.8 Å². The van der Waals surface area contributed by atoms with Gasteiger partial charge in [-0.05, 0) is 45.0 Å². The van der Waals surface area contributed by atoms with Crippen LogP contribution in [0.3, 0.4) is 0 Å². The van der Waals surface area contributed by atoms with Gasteiger partial charge >= 0.3 is 0 Å². The van der Waals surface area contributed by atoms with Gasteiger partial charge in [0.2, 0.25) is 5.13 Å². The number of nitrogens with zero attached hydrogens (tertiary/aromatic N) is 3. The first-order valence-electron chi connectivity index (χ1n) is 8.82. The first-order valence-corrected chi connectivity index (χ1v) is 10.0. The minimum absolute atomic E-state index is 0.293. The van der Waals surface area contributed by atoms with Crippen LogP contribution in [-0.2, 0) is 6.67 Å². The number of aromatic nitrogens is 2. The Balaban J connectivity index is 1.81. The summed E-state index contributed by atoms with van der Waals surface area (Å²) in [5, 5.41) is 8.85. The van der Waals surface area contributed by atoms with Gasteiger partial charge in [-0.2, -0.15) is 0 Å². The van der Waals surface area contributed by atoms with E-state index >= 15 is 0 Å². The highest BCUT2D eigenvalue weighted by Crippen LogP contribution is 2.39. The molecular weight excluding hydrogens is 368 g/mol. The lowest BCUT2D eigenvalue weighted by atomic mass is 10.0. The molecule has 0 spiro atoms. The van der Waals surface area contributed by atoms with Gasteiger partial charge in [-0.1, -0.05) is 17.4 Å². The van der Waals surface area contributed by atoms with Crippen molar-refractivity contribution < 1.29 is 9.47 Å². The highest BCUT2D eigenvalue weighted by Gasteiger charge is 2.29. The van der Waals surface area contributed by atoms with E-state index in [2.05, 4.69) is 35.2 Å². The molecule has 8 heteroatoms. The number of hydrogen-bond acceptors (Lipinski definition) is 7. The highest BCUT2D eigenvalue weighted by molar-refractivity contribution is 7.73. The van der Waals surface area contributed by atoms with Crippen LogP contribution in [0, 0.1) is 3.95 Å². The maximum Gasteiger partial charge on any atom is 0.204 e. The zero-order valence-electron chi connectivity index (χ0n) is 15.7. The molecule has 0 bridgehead atoms. The molecule has 1 atom stereocenters. The molecule has 1 aromatic heterocycles. The van der Waals surface area contributed by atoms with Crippen LogP contribution in [0.25, 0.3) is 0 Å². The lowest BCUT2D eigenvalue weighted by molar-refractivity contribution is 0.188. The van der Waals surface area contributed by atoms with Gasteiger partial charge in [0.1, 0.15) is 11.5 Å². The fraction of sp³-hybridized carbons (Fsp3) is 0.556. The second-order valence-electron chi connectivity index (χ2n) is 6.69. The normalized spacial score (nSPS) is 17.7. The van der Waals surface area contributed by atoms with Gasteiger partial charge in [-0.25, -0.2) is 4.68 Å². The van der Waals surface area contributed by atoms with E-state index in [1.165, 1.54) is 16.9 Å². The Bertz CT molecular complexity index is 803. The Hall–Kier alpha value is -1.64. The lowest BCUT2D eigenvalue weighted by Gasteiger charge is -2.26. The molecule has 1 saturated heterocycles. The van der Waals surface area contributed by atoms with E-state index in [-0.39, 0.29) is 0 Å². The molecule has 0 amide bonds. The first-order chi connectivity index (χ1) is 12.5. The molecule has 6 nitrogen and oxygen atoms in total. The second kappa shape index (κ2) is 8.37. The molecule has 1 aliphatic rings. The Morgan fingerprint density at radius 3 is 2.85 bits per heavy atom. The zero-order valence-corrected chi connectivity index (χ0v) is 17.3. The average molecular weight is 395 g/mol. The molecule has 2 aromatic rings. The summed E-state index contributed by atoms with van der Waals surface area (Å²) in [5.41, 5.74) is 1.19. The zero-order chi connectivity index (χ0) is 18.7. The van der Waals surface area contributed by atoms with Gasteiger partial charge in [-0.3, -0.25) is 4.90 Å². The molecule has 1 fully saturated rings. The maximum absolute atomic E-state index is 5.61. The highest BCUT2D eigenvalue weighted by atomic mass is 32.1. The summed E-state index contributed by atoms with van der Waals surface area (Å²) in [6.07, 6.45) is 2.24. The van der Waals surface area contributed by atoms with Crippen LogP contribution in [0.2, 0.25) is 0 Å². The van der Waals surface area contributed by atoms with Crippen LogP contribution in [0.15, 0.2) is 18.2 Å². The molecule has 0 saturated carbocycles. The minimum atomic E-state index is 0.293. The Kier molecular flexibility index (Phi) is 6.16. The van der Waals surface area contributed by atoms with Crippen molar-refractivity contribution in [3.05, 3.63) is 27.7 Å². The molecule has 26 heavy (non-hydrogen) atoms. The number of rotatable bonds is 7. The van der Waals surface area contributed by atoms with Gasteiger partial charge in [0, 0.05) is 30.3 Å². The van der Waals surface area contributed by atoms with Crippen molar-refractivity contribution in [3.8, 4) is 11.5 Å². The summed E-state index contributed by atoms with van der Waals surface area (Å²) >= 11 is 7.03. The first kappa shape index (κ1) is 19.1. The summed E-state index contributed by atoms with van der Waals surface area (Å²) < 4.78 is 13.6. The molecule has 0 unspecified atom stereocenters. The van der Waals surface area contributed by atoms with Crippen LogP contribution in [0.5, 0.6) is 11.5 Å². The molecule has 0 aliphatic carbocycles. The molecule has 1 aromatic carbocycles. The van der Waals surface area contributed by atoms with E-state index in [1.807, 2.05) is 16.8 Å². The van der Waals surface area contributed by atoms with Crippen LogP contribution >= 0.6 is 23.6 Å². The van der Waals surface area contributed by atoms with Crippen molar-refractivity contribution in [2.45, 2.75) is 45.4 Å². The summed E-state index contributed by atoms with van der Waals surface area (Å²) in [4.78, 5) is 2.42. The third-order valence-electron chi connectivity index (χ3n) is 4.50. The number of ether oxygens (including phenoxy) is 2. The monoisotopic (exact) mass is 394 g/mol. The number of anilines is 1. The molecule has 1 N–H and O–H groups in total. The van der Waals surface area contributed by atoms with E-state index in [0.717, 1.165) is 40.0 Å². The van der Waals surface area contributed by atoms with Crippen LogP contribution in [-0.4, -0.2) is 41.5 Å². The molecular formula is C18H26N4O2S2. The van der Waals surface area contributed by atoms with Crippen LogP contribution < -0.4 is 14.8 Å². The number of likely N-dealkylation sites (tertiary alicyclic amines) is 1. The number of hydrogen-bond donors (Lipinski definition) is 1. The SMILES string of the molecule is COc1ccc([C@@H]2CCCN2Cn2nc(NC(C)C)sc2=S)c(OC)c1. The smallest absolute Gasteiger partial charge is 0.204 e. The number of benzene rings is 1. The summed E-state index contributed by atoms with van der Waals surface area (Å²) in [7, 11) is 3.38. The van der Waals surface area contributed by atoms with E-state index < -0.39 is 0 Å². The van der Waals surface area contributed by atoms with E-state index in [1.54, 1.807) is 14.2 Å². The topological polar surface area (TPSA) is 51.5 Å². The van der Waals surface area contributed by atoms with Crippen molar-refractivity contribution >= 4 is 28.7 Å². The molecule has 1 aliphatic heterocycles. The van der Waals surface area contributed by atoms with Gasteiger partial charge in [0.25, 0.3) is 0 Å². The Labute approximate surface area is 163 Å². The third-order valence-corrected chi connectivity index (χ3v) is 5.74. The van der Waals surface area contributed by atoms with E-state index in [9.17, 15) is 0 Å². The summed E-state index contributed by atoms with van der Waals surface area (Å²) in [5.74, 6) is 1.67. The van der Waals surface area contributed by atoms with Crippen molar-refractivity contribution in [3.63, 3.8) is 0 Å². The number of nitrogens with one attached hydrogen (secondary N) is 1. The average Bonchev–Trinajstić information content (AvgIpc) is 3.20. The fourth-order valence-corrected chi connectivity index (χ4v) is 4.45. The van der Waals surface area contributed by atoms with E-state index in [0.29, 0.717) is 18.8 Å². The Morgan fingerprint density at radius 1 is 1.35 bits per heavy atom. The second-order valence-corrected chi connectivity index (χ2v) is 8.31. The molecule has 0 radical (unpaired) electrons. The van der Waals surface area contributed by atoms with Crippen molar-refractivity contribution in [1.82, 2.24) is 14.7 Å². The van der Waals surface area contributed by atoms with Crippen LogP contribution in [0.1, 0.15) is 38.3 Å². The Morgan fingerprint density at radius 2 is 2.15 bits per heavy atom. The van der Waals surface area contributed by atoms with Crippen LogP contribution in [0.4, 0.5) is 5.13 Å². The van der Waals surface area contributed by atoms with Gasteiger partial charge in [0.05, 0.1) is 20.9 Å². The summed E-state index contributed by atoms with van der Waals surface area (Å²) in [6, 6.07) is 6.68. The van der Waals surface area contributed by atoms with Crippen molar-refractivity contribution in [2.24, 2.45) is 0 Å². The van der Waals surface area contributed by atoms with Crippen molar-refractivity contribution in [1.29, 1.82) is 0 Å². The summed E-state index contributed by atoms with van der Waals surface area (Å²) in [6.45, 7) is 5.91. The van der Waals surface area contributed by atoms with Gasteiger partial charge in [-0.15, -0.1) is 5.10 Å². The minimum Gasteiger partial charge on any atom is -0.497 e. The third kappa shape index (κ3) is 4.19. The predicted molar refractivity (Wildman–Crippen MR) is 108 cm³/mol. The molecule has 142 valence electrons. The van der Waals surface area contributed by atoms with Crippen molar-refractivity contribution in [2.75, 3.05) is 26.1 Å². The van der Waals surface area contributed by atoms with Gasteiger partial charge in [0.15, 0.2) is 3.95 Å². The number of methoxy groups -OCH3 is 2. The fourth-order valence-electron chi connectivity index (χ4n) is 3.31. The molecule has 3 rings (SSSR count). The quantitative estimate of drug-likeness (QED) is 0.707. The maximum atomic E-state index is 5.61.